The van der Waals surface area contributed by atoms with E-state index >= 15 is 0 Å². The highest BCUT2D eigenvalue weighted by Gasteiger charge is 2.35. The van der Waals surface area contributed by atoms with Crippen LogP contribution in [-0.4, -0.2) is 62.2 Å². The molecule has 202 valence electrons. The first kappa shape index (κ1) is 28.9. The van der Waals surface area contributed by atoms with Crippen LogP contribution in [0.3, 0.4) is 0 Å². The van der Waals surface area contributed by atoms with Gasteiger partial charge in [0.15, 0.2) is 0 Å². The Balaban J connectivity index is 1.97. The maximum absolute atomic E-state index is 14.7. The van der Waals surface area contributed by atoms with Crippen molar-refractivity contribution in [2.24, 2.45) is 0 Å². The number of carbonyl (C=O) groups excluding carboxylic acids is 2. The normalized spacial score (nSPS) is 15.0. The molecule has 1 N–H and O–H groups in total. The van der Waals surface area contributed by atoms with Crippen LogP contribution < -0.4 is 9.62 Å². The van der Waals surface area contributed by atoms with Crippen molar-refractivity contribution in [2.45, 2.75) is 57.7 Å². The van der Waals surface area contributed by atoms with E-state index in [0.29, 0.717) is 11.4 Å². The number of rotatable bonds is 11. The lowest BCUT2D eigenvalue weighted by molar-refractivity contribution is -0.140. The van der Waals surface area contributed by atoms with Gasteiger partial charge in [-0.15, -0.1) is 0 Å². The average molecular weight is 553 g/mol. The highest BCUT2D eigenvalue weighted by molar-refractivity contribution is 7.90. The van der Waals surface area contributed by atoms with Gasteiger partial charge in [-0.05, 0) is 49.1 Å². The molecule has 0 aliphatic heterocycles. The summed E-state index contributed by atoms with van der Waals surface area (Å²) in [6.07, 6.45) is 4.16. The second-order valence-electron chi connectivity index (χ2n) is 9.31. The van der Waals surface area contributed by atoms with Crippen LogP contribution in [0, 0.1) is 5.82 Å². The molecular weight excluding hydrogens is 519 g/mol. The molecule has 1 aliphatic rings. The highest BCUT2D eigenvalue weighted by Crippen LogP contribution is 2.25. The van der Waals surface area contributed by atoms with Crippen molar-refractivity contribution in [3.63, 3.8) is 0 Å². The summed E-state index contributed by atoms with van der Waals surface area (Å²) in [5, 5.41) is 3.57. The third-order valence-electron chi connectivity index (χ3n) is 6.49. The third-order valence-corrected chi connectivity index (χ3v) is 8.55. The van der Waals surface area contributed by atoms with Crippen molar-refractivity contribution < 1.29 is 22.4 Å². The van der Waals surface area contributed by atoms with Crippen molar-refractivity contribution in [1.82, 2.24) is 14.5 Å². The first-order valence-electron chi connectivity index (χ1n) is 12.3. The minimum atomic E-state index is -4.23. The van der Waals surface area contributed by atoms with E-state index < -0.39 is 34.5 Å². The van der Waals surface area contributed by atoms with Crippen LogP contribution >= 0.6 is 11.6 Å². The lowest BCUT2D eigenvalue weighted by Crippen LogP contribution is -2.54. The Kier molecular flexibility index (Phi) is 9.92. The van der Waals surface area contributed by atoms with Crippen LogP contribution in [0.15, 0.2) is 48.5 Å². The van der Waals surface area contributed by atoms with Gasteiger partial charge in [-0.3, -0.25) is 9.59 Å². The van der Waals surface area contributed by atoms with E-state index in [9.17, 15) is 22.4 Å². The summed E-state index contributed by atoms with van der Waals surface area (Å²) in [6.45, 7) is 1.17. The summed E-state index contributed by atoms with van der Waals surface area (Å²) in [7, 11) is -1.61. The largest absolute Gasteiger partial charge is 0.352 e. The first-order valence-corrected chi connectivity index (χ1v) is 14.1. The van der Waals surface area contributed by atoms with Gasteiger partial charge in [0.05, 0.1) is 5.69 Å². The van der Waals surface area contributed by atoms with E-state index in [4.69, 9.17) is 11.6 Å². The third kappa shape index (κ3) is 7.21. The maximum atomic E-state index is 14.7. The standard InChI is InChI=1S/C26H34ClFN4O4S/c1-4-23(26(34)29-21-9-5-6-10-21)31(17-19-13-15-20(27)16-14-19)25(33)18-32(37(35,36)30(2)3)24-12-8-7-11-22(24)28/h7-8,11-16,21,23H,4-6,9-10,17-18H2,1-3H3,(H,29,34)/t23-/m0/s1. The molecule has 8 nitrogen and oxygen atoms in total. The molecule has 3 rings (SSSR count). The molecule has 0 spiro atoms. The Morgan fingerprint density at radius 1 is 1.08 bits per heavy atom. The van der Waals surface area contributed by atoms with Crippen LogP contribution in [-0.2, 0) is 26.3 Å². The van der Waals surface area contributed by atoms with Gasteiger partial charge in [-0.1, -0.05) is 55.6 Å². The fourth-order valence-corrected chi connectivity index (χ4v) is 5.62. The summed E-state index contributed by atoms with van der Waals surface area (Å²) < 4.78 is 42.7. The predicted octanol–water partition coefficient (Wildman–Crippen LogP) is 3.96. The minimum Gasteiger partial charge on any atom is -0.352 e. The summed E-state index contributed by atoms with van der Waals surface area (Å²) >= 11 is 6.02. The molecule has 11 heteroatoms. The molecule has 0 saturated heterocycles. The molecule has 0 bridgehead atoms. The summed E-state index contributed by atoms with van der Waals surface area (Å²) in [6, 6.07) is 11.4. The Morgan fingerprint density at radius 3 is 2.27 bits per heavy atom. The van der Waals surface area contributed by atoms with Gasteiger partial charge in [0.2, 0.25) is 11.8 Å². The maximum Gasteiger partial charge on any atom is 0.304 e. The van der Waals surface area contributed by atoms with Gasteiger partial charge in [-0.2, -0.15) is 12.7 Å². The average Bonchev–Trinajstić information content (AvgIpc) is 3.37. The fraction of sp³-hybridized carbons (Fsp3) is 0.462. The second-order valence-corrected chi connectivity index (χ2v) is 11.8. The second kappa shape index (κ2) is 12.7. The van der Waals surface area contributed by atoms with Gasteiger partial charge in [-0.25, -0.2) is 8.70 Å². The van der Waals surface area contributed by atoms with Crippen molar-refractivity contribution in [3.05, 3.63) is 64.9 Å². The molecule has 1 saturated carbocycles. The number of hydrogen-bond donors (Lipinski definition) is 1. The SMILES string of the molecule is CC[C@@H](C(=O)NC1CCCC1)N(Cc1ccc(Cl)cc1)C(=O)CN(c1ccccc1F)S(=O)(=O)N(C)C. The summed E-state index contributed by atoms with van der Waals surface area (Å²) in [5.41, 5.74) is 0.470. The highest BCUT2D eigenvalue weighted by atomic mass is 35.5. The van der Waals surface area contributed by atoms with Crippen LogP contribution in [0.5, 0.6) is 0 Å². The molecule has 2 aromatic carbocycles. The van der Waals surface area contributed by atoms with Gasteiger partial charge in [0, 0.05) is 31.7 Å². The van der Waals surface area contributed by atoms with E-state index in [-0.39, 0.29) is 24.2 Å². The molecular formula is C26H34ClFN4O4S. The molecule has 2 amide bonds. The van der Waals surface area contributed by atoms with Crippen LogP contribution in [0.25, 0.3) is 0 Å². The zero-order valence-electron chi connectivity index (χ0n) is 21.4. The Hall–Kier alpha value is -2.69. The Labute approximate surface area is 223 Å². The molecule has 37 heavy (non-hydrogen) atoms. The summed E-state index contributed by atoms with van der Waals surface area (Å²) in [5.74, 6) is -1.70. The number of halogens is 2. The molecule has 1 fully saturated rings. The van der Waals surface area contributed by atoms with E-state index in [1.54, 1.807) is 31.2 Å². The molecule has 0 heterocycles. The number of nitrogens with zero attached hydrogens (tertiary/aromatic N) is 3. The zero-order chi connectivity index (χ0) is 27.2. The van der Waals surface area contributed by atoms with Gasteiger partial charge in [0.1, 0.15) is 18.4 Å². The molecule has 1 atom stereocenters. The Morgan fingerprint density at radius 2 is 1.70 bits per heavy atom. The predicted molar refractivity (Wildman–Crippen MR) is 143 cm³/mol. The van der Waals surface area contributed by atoms with Crippen molar-refractivity contribution in [1.29, 1.82) is 0 Å². The lowest BCUT2D eigenvalue weighted by Gasteiger charge is -2.34. The van der Waals surface area contributed by atoms with E-state index in [1.165, 1.54) is 37.2 Å². The number of anilines is 1. The van der Waals surface area contributed by atoms with Crippen molar-refractivity contribution in [2.75, 3.05) is 24.9 Å². The van der Waals surface area contributed by atoms with E-state index in [1.807, 2.05) is 0 Å². The number of hydrogen-bond acceptors (Lipinski definition) is 4. The van der Waals surface area contributed by atoms with E-state index in [0.717, 1.165) is 45.9 Å². The Bertz CT molecular complexity index is 1190. The number of carbonyl (C=O) groups is 2. The number of amides is 2. The lowest BCUT2D eigenvalue weighted by atomic mass is 10.1. The zero-order valence-corrected chi connectivity index (χ0v) is 22.9. The van der Waals surface area contributed by atoms with Crippen molar-refractivity contribution >= 4 is 39.3 Å². The number of benzene rings is 2. The smallest absolute Gasteiger partial charge is 0.304 e. The molecule has 2 aromatic rings. The topological polar surface area (TPSA) is 90.0 Å². The quantitative estimate of drug-likeness (QED) is 0.457. The van der Waals surface area contributed by atoms with Crippen LogP contribution in [0.4, 0.5) is 10.1 Å². The van der Waals surface area contributed by atoms with Crippen LogP contribution in [0.2, 0.25) is 5.02 Å². The van der Waals surface area contributed by atoms with Crippen LogP contribution in [0.1, 0.15) is 44.6 Å². The summed E-state index contributed by atoms with van der Waals surface area (Å²) in [4.78, 5) is 28.5. The first-order chi connectivity index (χ1) is 17.5. The molecule has 0 radical (unpaired) electrons. The van der Waals surface area contributed by atoms with Gasteiger partial charge >= 0.3 is 10.2 Å². The fourth-order valence-electron chi connectivity index (χ4n) is 4.43. The molecule has 0 unspecified atom stereocenters. The minimum absolute atomic E-state index is 0.0538. The van der Waals surface area contributed by atoms with Gasteiger partial charge < -0.3 is 10.2 Å². The number of para-hydroxylation sites is 1. The van der Waals surface area contributed by atoms with Gasteiger partial charge in [0.25, 0.3) is 0 Å². The monoisotopic (exact) mass is 552 g/mol. The van der Waals surface area contributed by atoms with E-state index in [2.05, 4.69) is 5.32 Å². The molecule has 0 aromatic heterocycles. The van der Waals surface area contributed by atoms with Crippen molar-refractivity contribution in [3.8, 4) is 0 Å². The molecule has 1 aliphatic carbocycles. The number of nitrogens with one attached hydrogen (secondary N) is 1.